The third-order valence-corrected chi connectivity index (χ3v) is 5.03. The summed E-state index contributed by atoms with van der Waals surface area (Å²) in [5.41, 5.74) is -0.556. The number of ether oxygens (including phenoxy) is 2. The SMILES string of the molecule is CO[N+](=O)c1ccc2c(C(=O)N(Cc3ccccc3)C(=O)OC(C)(C)C)cn(C(=O)OC(C)(C)C)c2c1. The quantitative estimate of drug-likeness (QED) is 0.389. The van der Waals surface area contributed by atoms with Crippen molar-refractivity contribution in [3.8, 4) is 0 Å². The van der Waals surface area contributed by atoms with E-state index < -0.39 is 29.3 Å². The lowest BCUT2D eigenvalue weighted by molar-refractivity contribution is -0.736. The van der Waals surface area contributed by atoms with Crippen LogP contribution in [0.5, 0.6) is 0 Å². The highest BCUT2D eigenvalue weighted by Crippen LogP contribution is 2.29. The van der Waals surface area contributed by atoms with E-state index >= 15 is 0 Å². The molecule has 0 spiro atoms. The van der Waals surface area contributed by atoms with Crippen molar-refractivity contribution in [3.63, 3.8) is 0 Å². The molecule has 0 aliphatic heterocycles. The van der Waals surface area contributed by atoms with Crippen molar-refractivity contribution in [1.82, 2.24) is 9.47 Å². The monoisotopic (exact) mass is 510 g/mol. The standard InChI is InChI=1S/C27H32N3O7/c1-26(2,3)36-24(32)28-17-21(20-14-13-19(15-22(20)28)30(34)35-7)23(31)29(25(33)37-27(4,5)6)16-18-11-9-8-10-12-18/h8-15,17H,16H2,1-7H3/q+1. The van der Waals surface area contributed by atoms with E-state index in [0.717, 1.165) is 9.47 Å². The van der Waals surface area contributed by atoms with E-state index in [1.807, 2.05) is 6.07 Å². The topological polar surface area (TPSA) is 107 Å². The number of nitrogens with zero attached hydrogens (tertiary/aromatic N) is 3. The summed E-state index contributed by atoms with van der Waals surface area (Å²) in [6.45, 7) is 10.2. The molecule has 1 heterocycles. The highest BCUT2D eigenvalue weighted by atomic mass is 16.8. The van der Waals surface area contributed by atoms with Crippen molar-refractivity contribution in [2.24, 2.45) is 0 Å². The highest BCUT2D eigenvalue weighted by Gasteiger charge is 2.32. The number of carbonyl (C=O) groups excluding carboxylic acids is 3. The summed E-state index contributed by atoms with van der Waals surface area (Å²) in [5, 5.41) is 0.339. The van der Waals surface area contributed by atoms with Gasteiger partial charge in [0.1, 0.15) is 11.2 Å². The van der Waals surface area contributed by atoms with Crippen molar-refractivity contribution in [2.45, 2.75) is 59.3 Å². The molecule has 0 saturated carbocycles. The lowest BCUT2D eigenvalue weighted by atomic mass is 10.1. The predicted octanol–water partition coefficient (Wildman–Crippen LogP) is 5.97. The van der Waals surface area contributed by atoms with Gasteiger partial charge in [-0.1, -0.05) is 30.3 Å². The Balaban J connectivity index is 2.15. The Bertz CT molecular complexity index is 1330. The zero-order chi connectivity index (χ0) is 27.5. The third kappa shape index (κ3) is 6.72. The molecule has 0 saturated heterocycles. The van der Waals surface area contributed by atoms with E-state index in [-0.39, 0.29) is 28.2 Å². The van der Waals surface area contributed by atoms with Gasteiger partial charge >= 0.3 is 17.9 Å². The molecular weight excluding hydrogens is 478 g/mol. The van der Waals surface area contributed by atoms with Crippen molar-refractivity contribution >= 4 is 34.7 Å². The van der Waals surface area contributed by atoms with Gasteiger partial charge in [0.2, 0.25) is 0 Å². The molecule has 2 aromatic carbocycles. The van der Waals surface area contributed by atoms with E-state index in [4.69, 9.17) is 14.3 Å². The van der Waals surface area contributed by atoms with E-state index in [0.29, 0.717) is 10.9 Å². The van der Waals surface area contributed by atoms with Crippen LogP contribution in [0.4, 0.5) is 15.3 Å². The number of hydrogen-bond acceptors (Lipinski definition) is 7. The van der Waals surface area contributed by atoms with Crippen LogP contribution < -0.4 is 0 Å². The number of aromatic nitrogens is 1. The summed E-state index contributed by atoms with van der Waals surface area (Å²) in [4.78, 5) is 58.1. The summed E-state index contributed by atoms with van der Waals surface area (Å²) in [5.74, 6) is -0.677. The molecule has 0 unspecified atom stereocenters. The Morgan fingerprint density at radius 2 is 1.54 bits per heavy atom. The van der Waals surface area contributed by atoms with Gasteiger partial charge in [-0.2, -0.15) is 0 Å². The van der Waals surface area contributed by atoms with Crippen molar-refractivity contribution in [2.75, 3.05) is 7.11 Å². The number of fused-ring (bicyclic) bond motifs is 1. The smallest absolute Gasteiger partial charge is 0.419 e. The van der Waals surface area contributed by atoms with E-state index in [1.165, 1.54) is 31.5 Å². The average molecular weight is 511 g/mol. The van der Waals surface area contributed by atoms with Crippen LogP contribution in [0, 0.1) is 4.91 Å². The van der Waals surface area contributed by atoms with Crippen LogP contribution in [0.25, 0.3) is 10.9 Å². The van der Waals surface area contributed by atoms with Gasteiger partial charge in [-0.15, -0.1) is 0 Å². The molecule has 3 rings (SSSR count). The predicted molar refractivity (Wildman–Crippen MR) is 136 cm³/mol. The second kappa shape index (κ2) is 10.4. The Labute approximate surface area is 215 Å². The van der Waals surface area contributed by atoms with Gasteiger partial charge in [0.05, 0.1) is 22.5 Å². The Morgan fingerprint density at radius 3 is 2.11 bits per heavy atom. The number of amides is 2. The molecule has 0 bridgehead atoms. The zero-order valence-electron chi connectivity index (χ0n) is 22.1. The summed E-state index contributed by atoms with van der Waals surface area (Å²) >= 11 is 0. The summed E-state index contributed by atoms with van der Waals surface area (Å²) in [6.07, 6.45) is -0.286. The average Bonchev–Trinajstić information content (AvgIpc) is 3.19. The summed E-state index contributed by atoms with van der Waals surface area (Å²) in [7, 11) is 1.21. The van der Waals surface area contributed by atoms with Crippen LogP contribution in [0.2, 0.25) is 0 Å². The Kier molecular flexibility index (Phi) is 7.71. The second-order valence-corrected chi connectivity index (χ2v) is 10.4. The number of carbonyl (C=O) groups is 3. The fraction of sp³-hybridized carbons (Fsp3) is 0.370. The van der Waals surface area contributed by atoms with Crippen LogP contribution in [0.3, 0.4) is 0 Å². The van der Waals surface area contributed by atoms with Gasteiger partial charge in [0.25, 0.3) is 10.8 Å². The van der Waals surface area contributed by atoms with E-state index in [9.17, 15) is 19.3 Å². The lowest BCUT2D eigenvalue weighted by Gasteiger charge is -2.26. The largest absolute Gasteiger partial charge is 0.443 e. The minimum absolute atomic E-state index is 0.0518. The highest BCUT2D eigenvalue weighted by molar-refractivity contribution is 6.13. The van der Waals surface area contributed by atoms with Crippen LogP contribution in [0.1, 0.15) is 57.5 Å². The molecule has 0 atom stereocenters. The molecule has 0 aliphatic carbocycles. The first-order valence-electron chi connectivity index (χ1n) is 11.7. The third-order valence-electron chi connectivity index (χ3n) is 5.03. The molecule has 0 radical (unpaired) electrons. The first-order valence-corrected chi connectivity index (χ1v) is 11.7. The van der Waals surface area contributed by atoms with Gasteiger partial charge in [-0.3, -0.25) is 9.36 Å². The molecule has 0 fully saturated rings. The minimum Gasteiger partial charge on any atom is -0.443 e. The number of hydrogen-bond donors (Lipinski definition) is 0. The van der Waals surface area contributed by atoms with Gasteiger partial charge in [-0.05, 0) is 53.2 Å². The molecular formula is C27H32N3O7+. The van der Waals surface area contributed by atoms with Gasteiger partial charge < -0.3 is 9.47 Å². The van der Waals surface area contributed by atoms with Crippen LogP contribution in [-0.2, 0) is 20.9 Å². The van der Waals surface area contributed by atoms with Crippen molar-refractivity contribution < 1.29 is 33.6 Å². The fourth-order valence-corrected chi connectivity index (χ4v) is 3.51. The molecule has 3 aromatic rings. The summed E-state index contributed by atoms with van der Waals surface area (Å²) in [6, 6.07) is 13.4. The maximum Gasteiger partial charge on any atom is 0.419 e. The lowest BCUT2D eigenvalue weighted by Crippen LogP contribution is -2.40. The molecule has 37 heavy (non-hydrogen) atoms. The molecule has 10 nitrogen and oxygen atoms in total. The van der Waals surface area contributed by atoms with Crippen molar-refractivity contribution in [3.05, 3.63) is 70.8 Å². The van der Waals surface area contributed by atoms with Gasteiger partial charge in [0.15, 0.2) is 7.11 Å². The number of imide groups is 1. The molecule has 0 aliphatic rings. The minimum atomic E-state index is -0.844. The second-order valence-electron chi connectivity index (χ2n) is 10.4. The Morgan fingerprint density at radius 1 is 0.919 bits per heavy atom. The molecule has 196 valence electrons. The number of rotatable bonds is 5. The molecule has 2 amide bonds. The molecule has 0 N–H and O–H groups in total. The maximum absolute atomic E-state index is 13.8. The fourth-order valence-electron chi connectivity index (χ4n) is 3.51. The van der Waals surface area contributed by atoms with Gasteiger partial charge in [0, 0.05) is 23.7 Å². The van der Waals surface area contributed by atoms with E-state index in [1.54, 1.807) is 65.8 Å². The Hall–Kier alpha value is -4.21. The molecule has 10 heteroatoms. The number of benzene rings is 2. The van der Waals surface area contributed by atoms with Gasteiger partial charge in [-0.25, -0.2) is 19.3 Å². The maximum atomic E-state index is 13.8. The van der Waals surface area contributed by atoms with E-state index in [2.05, 4.69) is 0 Å². The van der Waals surface area contributed by atoms with Crippen molar-refractivity contribution in [1.29, 1.82) is 0 Å². The zero-order valence-corrected chi connectivity index (χ0v) is 22.1. The van der Waals surface area contributed by atoms with Crippen LogP contribution >= 0.6 is 0 Å². The van der Waals surface area contributed by atoms with Crippen LogP contribution in [0.15, 0.2) is 54.7 Å². The molecule has 1 aromatic heterocycles. The first-order chi connectivity index (χ1) is 17.2. The summed E-state index contributed by atoms with van der Waals surface area (Å²) < 4.78 is 12.2. The first kappa shape index (κ1) is 27.4. The normalized spacial score (nSPS) is 11.6. The van der Waals surface area contributed by atoms with Crippen LogP contribution in [-0.4, -0.2) is 50.8 Å².